The maximum atomic E-state index is 14.6. The quantitative estimate of drug-likeness (QED) is 0.633. The van der Waals surface area contributed by atoms with Gasteiger partial charge in [-0.1, -0.05) is 17.7 Å². The number of methoxy groups -OCH3 is 1. The lowest BCUT2D eigenvalue weighted by Crippen LogP contribution is -2.43. The molecular formula is C22H20ClF3N4O4. The van der Waals surface area contributed by atoms with Gasteiger partial charge in [-0.15, -0.1) is 0 Å². The summed E-state index contributed by atoms with van der Waals surface area (Å²) in [6, 6.07) is 3.24. The first-order valence-corrected chi connectivity index (χ1v) is 10.6. The van der Waals surface area contributed by atoms with Crippen LogP contribution in [0.2, 0.25) is 5.02 Å². The molecule has 34 heavy (non-hydrogen) atoms. The van der Waals surface area contributed by atoms with Gasteiger partial charge in [-0.3, -0.25) is 4.90 Å². The second kappa shape index (κ2) is 10.4. The lowest BCUT2D eigenvalue weighted by molar-refractivity contribution is 0.0405. The zero-order valence-corrected chi connectivity index (χ0v) is 18.7. The molecule has 0 radical (unpaired) electrons. The van der Waals surface area contributed by atoms with Gasteiger partial charge >= 0.3 is 6.16 Å². The van der Waals surface area contributed by atoms with Crippen LogP contribution in [0.5, 0.6) is 0 Å². The molecule has 12 heteroatoms. The van der Waals surface area contributed by atoms with E-state index in [4.69, 9.17) is 21.1 Å². The molecule has 0 amide bonds. The number of aromatic nitrogens is 1. The molecule has 1 fully saturated rings. The smallest absolute Gasteiger partial charge is 0.437 e. The number of hydrogen-bond donors (Lipinski definition) is 1. The Balaban J connectivity index is 1.84. The number of nitrogens with zero attached hydrogens (tertiary/aromatic N) is 3. The number of hydrogen-bond acceptors (Lipinski definition) is 8. The van der Waals surface area contributed by atoms with E-state index in [0.717, 1.165) is 19.4 Å². The Kier molecular flexibility index (Phi) is 7.35. The molecule has 0 aliphatic carbocycles. The fraction of sp³-hybridized carbons (Fsp3) is 0.318. The van der Waals surface area contributed by atoms with E-state index in [1.165, 1.54) is 12.1 Å². The highest BCUT2D eigenvalue weighted by atomic mass is 35.5. The van der Waals surface area contributed by atoms with Gasteiger partial charge in [0.2, 0.25) is 0 Å². The number of pyridine rings is 1. The fourth-order valence-electron chi connectivity index (χ4n) is 3.58. The summed E-state index contributed by atoms with van der Waals surface area (Å²) in [4.78, 5) is 22.4. The maximum absolute atomic E-state index is 14.6. The second-order valence-corrected chi connectivity index (χ2v) is 7.85. The van der Waals surface area contributed by atoms with Gasteiger partial charge in [0.25, 0.3) is 0 Å². The van der Waals surface area contributed by atoms with E-state index in [9.17, 15) is 18.0 Å². The highest BCUT2D eigenvalue weighted by Gasteiger charge is 2.33. The molecule has 3 heterocycles. The van der Waals surface area contributed by atoms with Crippen molar-refractivity contribution in [1.29, 1.82) is 0 Å². The molecule has 2 aliphatic heterocycles. The van der Waals surface area contributed by atoms with Crippen LogP contribution in [0.1, 0.15) is 17.3 Å². The summed E-state index contributed by atoms with van der Waals surface area (Å²) in [6.07, 6.45) is -0.154. The van der Waals surface area contributed by atoms with Crippen LogP contribution in [-0.2, 0) is 14.2 Å². The number of rotatable bonds is 5. The zero-order valence-electron chi connectivity index (χ0n) is 18.0. The average Bonchev–Trinajstić information content (AvgIpc) is 2.81. The summed E-state index contributed by atoms with van der Waals surface area (Å²) in [6.45, 7) is 2.43. The topological polar surface area (TPSA) is 85.3 Å². The van der Waals surface area contributed by atoms with Crippen molar-refractivity contribution in [2.24, 2.45) is 4.99 Å². The number of morpholine rings is 1. The van der Waals surface area contributed by atoms with Crippen molar-refractivity contribution in [3.63, 3.8) is 0 Å². The Morgan fingerprint density at radius 3 is 2.68 bits per heavy atom. The van der Waals surface area contributed by atoms with Gasteiger partial charge in [-0.25, -0.2) is 27.9 Å². The number of carbonyl (C=O) groups is 1. The van der Waals surface area contributed by atoms with Crippen LogP contribution in [-0.4, -0.2) is 61.8 Å². The summed E-state index contributed by atoms with van der Waals surface area (Å²) >= 11 is 6.29. The summed E-state index contributed by atoms with van der Waals surface area (Å²) < 4.78 is 57.3. The lowest BCUT2D eigenvalue weighted by atomic mass is 10.0. The fourth-order valence-corrected chi connectivity index (χ4v) is 3.85. The number of aliphatic imine (C=N–C) groups is 1. The predicted molar refractivity (Wildman–Crippen MR) is 116 cm³/mol. The van der Waals surface area contributed by atoms with Crippen LogP contribution >= 0.6 is 11.6 Å². The third-order valence-corrected chi connectivity index (χ3v) is 5.54. The Morgan fingerprint density at radius 2 is 2.00 bits per heavy atom. The van der Waals surface area contributed by atoms with Crippen LogP contribution in [0.3, 0.4) is 0 Å². The molecular weight excluding hydrogens is 477 g/mol. The van der Waals surface area contributed by atoms with E-state index < -0.39 is 29.6 Å². The van der Waals surface area contributed by atoms with Gasteiger partial charge in [0.1, 0.15) is 23.4 Å². The van der Waals surface area contributed by atoms with Crippen molar-refractivity contribution in [3.05, 3.63) is 75.7 Å². The summed E-state index contributed by atoms with van der Waals surface area (Å²) in [5.74, 6) is -2.37. The Hall–Kier alpha value is -3.15. The summed E-state index contributed by atoms with van der Waals surface area (Å²) in [5.41, 5.74) is 0.400. The van der Waals surface area contributed by atoms with Gasteiger partial charge in [0, 0.05) is 36.3 Å². The number of halogens is 4. The normalized spacial score (nSPS) is 18.9. The first-order valence-electron chi connectivity index (χ1n) is 10.3. The van der Waals surface area contributed by atoms with Gasteiger partial charge in [-0.2, -0.15) is 0 Å². The monoisotopic (exact) mass is 496 g/mol. The first kappa shape index (κ1) is 24.0. The van der Waals surface area contributed by atoms with Crippen molar-refractivity contribution in [1.82, 2.24) is 15.2 Å². The Labute approximate surface area is 198 Å². The number of ether oxygens (including phenoxy) is 3. The van der Waals surface area contributed by atoms with Crippen molar-refractivity contribution >= 4 is 23.6 Å². The molecule has 0 spiro atoms. The molecule has 2 aromatic rings. The molecule has 1 aromatic heterocycles. The maximum Gasteiger partial charge on any atom is 0.513 e. The minimum atomic E-state index is -1.08. The van der Waals surface area contributed by atoms with Gasteiger partial charge < -0.3 is 19.5 Å². The van der Waals surface area contributed by atoms with Crippen LogP contribution in [0.15, 0.2) is 46.9 Å². The van der Waals surface area contributed by atoms with Gasteiger partial charge in [-0.05, 0) is 12.1 Å². The van der Waals surface area contributed by atoms with Crippen LogP contribution < -0.4 is 5.32 Å². The minimum absolute atomic E-state index is 0.0132. The molecule has 8 nitrogen and oxygen atoms in total. The molecule has 1 N–H and O–H groups in total. The third-order valence-electron chi connectivity index (χ3n) is 5.21. The molecule has 4 rings (SSSR count). The highest BCUT2D eigenvalue weighted by Crippen LogP contribution is 2.37. The van der Waals surface area contributed by atoms with Crippen molar-refractivity contribution < 1.29 is 32.2 Å². The van der Waals surface area contributed by atoms with Crippen LogP contribution in [0.25, 0.3) is 0 Å². The summed E-state index contributed by atoms with van der Waals surface area (Å²) in [5, 5.41) is 2.97. The van der Waals surface area contributed by atoms with Gasteiger partial charge in [0.05, 0.1) is 32.2 Å². The number of benzene rings is 1. The first-order chi connectivity index (χ1) is 16.4. The second-order valence-electron chi connectivity index (χ2n) is 7.44. The SMILES string of the molecule is COC(=O)OC1=C(CN2CCOCC2)NC(c2ncc(F)cc2F)=NC1c1ccc(F)cc1Cl. The number of nitrogens with one attached hydrogen (secondary N) is 1. The van der Waals surface area contributed by atoms with Crippen LogP contribution in [0.4, 0.5) is 18.0 Å². The zero-order chi connectivity index (χ0) is 24.2. The molecule has 2 aliphatic rings. The predicted octanol–water partition coefficient (Wildman–Crippen LogP) is 3.57. The molecule has 0 saturated carbocycles. The van der Waals surface area contributed by atoms with Crippen molar-refractivity contribution in [3.8, 4) is 0 Å². The highest BCUT2D eigenvalue weighted by molar-refractivity contribution is 6.31. The molecule has 1 aromatic carbocycles. The van der Waals surface area contributed by atoms with E-state index in [-0.39, 0.29) is 28.9 Å². The van der Waals surface area contributed by atoms with Crippen molar-refractivity contribution in [2.45, 2.75) is 6.04 Å². The Bertz CT molecular complexity index is 1150. The molecule has 0 bridgehead atoms. The molecule has 180 valence electrons. The van der Waals surface area contributed by atoms with Crippen LogP contribution in [0, 0.1) is 17.5 Å². The average molecular weight is 497 g/mol. The van der Waals surface area contributed by atoms with E-state index in [1.54, 1.807) is 0 Å². The van der Waals surface area contributed by atoms with E-state index in [2.05, 4.69) is 20.0 Å². The largest absolute Gasteiger partial charge is 0.513 e. The molecule has 1 unspecified atom stereocenters. The van der Waals surface area contributed by atoms with Gasteiger partial charge in [0.15, 0.2) is 17.4 Å². The van der Waals surface area contributed by atoms with E-state index in [0.29, 0.717) is 43.6 Å². The molecule has 1 atom stereocenters. The number of carbonyl (C=O) groups excluding carboxylic acids is 1. The van der Waals surface area contributed by atoms with E-state index >= 15 is 0 Å². The minimum Gasteiger partial charge on any atom is -0.437 e. The van der Waals surface area contributed by atoms with E-state index in [1.807, 2.05) is 4.90 Å². The molecule has 1 saturated heterocycles. The Morgan fingerprint density at radius 1 is 1.24 bits per heavy atom. The lowest BCUT2D eigenvalue weighted by Gasteiger charge is -2.32. The number of amidine groups is 1. The van der Waals surface area contributed by atoms with Crippen molar-refractivity contribution in [2.75, 3.05) is 40.0 Å². The third kappa shape index (κ3) is 5.32. The standard InChI is InChI=1S/C22H20ClF3N4O4/c1-32-22(31)34-20-17(11-30-4-6-33-7-5-30)28-21(19-16(26)9-13(25)10-27-19)29-18(20)14-3-2-12(24)8-15(14)23/h2-3,8-10,18H,4-7,11H2,1H3,(H,28,29). The summed E-state index contributed by atoms with van der Waals surface area (Å²) in [7, 11) is 1.15.